The lowest BCUT2D eigenvalue weighted by Crippen LogP contribution is -2.49. The van der Waals surface area contributed by atoms with Gasteiger partial charge in [-0.15, -0.1) is 0 Å². The van der Waals surface area contributed by atoms with E-state index in [2.05, 4.69) is 49.0 Å². The lowest BCUT2D eigenvalue weighted by atomic mass is 10.0. The molecule has 2 saturated heterocycles. The van der Waals surface area contributed by atoms with Crippen LogP contribution in [0.2, 0.25) is 0 Å². The molecule has 2 aliphatic heterocycles. The minimum Gasteiger partial charge on any atom is -0.470 e. The fraction of sp³-hybridized carbons (Fsp3) is 0.400. The molecule has 2 aliphatic rings. The first kappa shape index (κ1) is 22.4. The molecule has 2 aromatic heterocycles. The molecule has 0 radical (unpaired) electrons. The molecule has 0 spiro atoms. The summed E-state index contributed by atoms with van der Waals surface area (Å²) in [5.74, 6) is 1.01. The topological polar surface area (TPSA) is 116 Å². The van der Waals surface area contributed by atoms with Crippen LogP contribution in [0.25, 0.3) is 11.3 Å². The van der Waals surface area contributed by atoms with Crippen molar-refractivity contribution in [1.29, 1.82) is 0 Å². The van der Waals surface area contributed by atoms with Crippen molar-refractivity contribution < 1.29 is 9.47 Å². The van der Waals surface area contributed by atoms with Crippen LogP contribution >= 0.6 is 0 Å². The van der Waals surface area contributed by atoms with Crippen LogP contribution in [0.3, 0.4) is 0 Å². The van der Waals surface area contributed by atoms with Gasteiger partial charge in [-0.3, -0.25) is 4.90 Å². The zero-order chi connectivity index (χ0) is 23.3. The van der Waals surface area contributed by atoms with Crippen molar-refractivity contribution in [1.82, 2.24) is 19.9 Å². The Balaban J connectivity index is 1.21. The number of morpholine rings is 1. The van der Waals surface area contributed by atoms with E-state index < -0.39 is 0 Å². The van der Waals surface area contributed by atoms with Gasteiger partial charge in [-0.25, -0.2) is 15.0 Å². The van der Waals surface area contributed by atoms with E-state index >= 15 is 0 Å². The largest absolute Gasteiger partial charge is 0.470 e. The Morgan fingerprint density at radius 3 is 2.47 bits per heavy atom. The predicted molar refractivity (Wildman–Crippen MR) is 132 cm³/mol. The first-order chi connectivity index (χ1) is 16.7. The van der Waals surface area contributed by atoms with Gasteiger partial charge in [0.25, 0.3) is 5.88 Å². The third-order valence-corrected chi connectivity index (χ3v) is 6.54. The number of aromatic nitrogens is 3. The van der Waals surface area contributed by atoms with Crippen LogP contribution in [-0.2, 0) is 11.3 Å². The molecular formula is C25H31N7O2. The standard InChI is InChI=1S/C25H31N7O2/c26-23-15-18(5-8-28-23)17-34-25-24(27)29-16-22(30-25)19-1-3-20(4-2-19)31-9-6-21(7-10-31)32-11-13-33-14-12-32/h1-5,8,15-16,21H,6-7,9-14,17H2,(H2,26,28)(H2,27,29). The molecule has 178 valence electrons. The second-order valence-corrected chi connectivity index (χ2v) is 8.74. The molecule has 0 saturated carbocycles. The molecule has 4 N–H and O–H groups in total. The van der Waals surface area contributed by atoms with E-state index in [-0.39, 0.29) is 12.4 Å². The molecule has 0 atom stereocenters. The number of rotatable bonds is 6. The van der Waals surface area contributed by atoms with Gasteiger partial charge in [-0.05, 0) is 42.7 Å². The number of nitrogen functional groups attached to an aromatic ring is 2. The van der Waals surface area contributed by atoms with Crippen LogP contribution in [0.1, 0.15) is 18.4 Å². The summed E-state index contributed by atoms with van der Waals surface area (Å²) in [5.41, 5.74) is 15.5. The van der Waals surface area contributed by atoms with Gasteiger partial charge < -0.3 is 25.8 Å². The highest BCUT2D eigenvalue weighted by atomic mass is 16.5. The molecule has 9 nitrogen and oxygen atoms in total. The number of hydrogen-bond acceptors (Lipinski definition) is 9. The first-order valence-electron chi connectivity index (χ1n) is 11.8. The lowest BCUT2D eigenvalue weighted by molar-refractivity contribution is 0.0115. The minimum atomic E-state index is 0.255. The van der Waals surface area contributed by atoms with Crippen LogP contribution in [0.15, 0.2) is 48.8 Å². The van der Waals surface area contributed by atoms with Crippen molar-refractivity contribution in [3.8, 4) is 17.1 Å². The van der Waals surface area contributed by atoms with Gasteiger partial charge in [0, 0.05) is 49.7 Å². The van der Waals surface area contributed by atoms with E-state index in [0.717, 1.165) is 56.2 Å². The van der Waals surface area contributed by atoms with Crippen molar-refractivity contribution >= 4 is 17.3 Å². The second-order valence-electron chi connectivity index (χ2n) is 8.74. The van der Waals surface area contributed by atoms with Crippen LogP contribution in [0.5, 0.6) is 5.88 Å². The number of benzene rings is 1. The second kappa shape index (κ2) is 10.2. The van der Waals surface area contributed by atoms with Gasteiger partial charge in [-0.1, -0.05) is 12.1 Å². The summed E-state index contributed by atoms with van der Waals surface area (Å²) in [6.45, 7) is 6.27. The summed E-state index contributed by atoms with van der Waals surface area (Å²) in [6, 6.07) is 12.7. The zero-order valence-corrected chi connectivity index (χ0v) is 19.3. The maximum Gasteiger partial charge on any atom is 0.258 e. The van der Waals surface area contributed by atoms with Crippen molar-refractivity contribution in [3.05, 3.63) is 54.4 Å². The fourth-order valence-electron chi connectivity index (χ4n) is 4.64. The average Bonchev–Trinajstić information content (AvgIpc) is 2.89. The monoisotopic (exact) mass is 461 g/mol. The smallest absolute Gasteiger partial charge is 0.258 e. The zero-order valence-electron chi connectivity index (χ0n) is 19.3. The summed E-state index contributed by atoms with van der Waals surface area (Å²) in [5, 5.41) is 0. The lowest BCUT2D eigenvalue weighted by Gasteiger charge is -2.40. The quantitative estimate of drug-likeness (QED) is 0.571. The van der Waals surface area contributed by atoms with E-state index in [9.17, 15) is 0 Å². The highest BCUT2D eigenvalue weighted by molar-refractivity contribution is 5.64. The summed E-state index contributed by atoms with van der Waals surface area (Å²) in [4.78, 5) is 17.9. The molecule has 1 aromatic carbocycles. The summed E-state index contributed by atoms with van der Waals surface area (Å²) in [7, 11) is 0. The van der Waals surface area contributed by atoms with Crippen molar-refractivity contribution in [2.24, 2.45) is 0 Å². The SMILES string of the molecule is Nc1cc(COc2nc(-c3ccc(N4CCC(N5CCOCC5)CC4)cc3)cnc2N)ccn1. The molecule has 0 unspecified atom stereocenters. The minimum absolute atomic E-state index is 0.255. The van der Waals surface area contributed by atoms with Crippen LogP contribution in [0.4, 0.5) is 17.3 Å². The molecule has 4 heterocycles. The molecule has 34 heavy (non-hydrogen) atoms. The average molecular weight is 462 g/mol. The molecule has 0 amide bonds. The van der Waals surface area contributed by atoms with Crippen LogP contribution in [-0.4, -0.2) is 65.3 Å². The Kier molecular flexibility index (Phi) is 6.73. The van der Waals surface area contributed by atoms with Gasteiger partial charge in [0.15, 0.2) is 5.82 Å². The van der Waals surface area contributed by atoms with E-state index in [1.54, 1.807) is 18.5 Å². The van der Waals surface area contributed by atoms with Gasteiger partial charge in [0.05, 0.1) is 25.1 Å². The van der Waals surface area contributed by atoms with E-state index in [0.29, 0.717) is 17.7 Å². The van der Waals surface area contributed by atoms with Gasteiger partial charge in [0.1, 0.15) is 12.4 Å². The Morgan fingerprint density at radius 1 is 0.971 bits per heavy atom. The van der Waals surface area contributed by atoms with Gasteiger partial charge in [0.2, 0.25) is 0 Å². The fourth-order valence-corrected chi connectivity index (χ4v) is 4.64. The highest BCUT2D eigenvalue weighted by Gasteiger charge is 2.26. The third kappa shape index (κ3) is 5.21. The summed E-state index contributed by atoms with van der Waals surface area (Å²) < 4.78 is 11.3. The molecular weight excluding hydrogens is 430 g/mol. The number of pyridine rings is 1. The summed E-state index contributed by atoms with van der Waals surface area (Å²) in [6.07, 6.45) is 5.70. The van der Waals surface area contributed by atoms with Gasteiger partial charge in [-0.2, -0.15) is 0 Å². The number of piperidine rings is 1. The van der Waals surface area contributed by atoms with Crippen molar-refractivity contribution in [3.63, 3.8) is 0 Å². The molecule has 3 aromatic rings. The van der Waals surface area contributed by atoms with E-state index in [4.69, 9.17) is 20.9 Å². The van der Waals surface area contributed by atoms with Gasteiger partial charge >= 0.3 is 0 Å². The normalized spacial score (nSPS) is 17.6. The number of nitrogens with zero attached hydrogens (tertiary/aromatic N) is 5. The van der Waals surface area contributed by atoms with Crippen molar-refractivity contribution in [2.45, 2.75) is 25.5 Å². The molecule has 0 bridgehead atoms. The number of nitrogens with two attached hydrogens (primary N) is 2. The third-order valence-electron chi connectivity index (χ3n) is 6.54. The Morgan fingerprint density at radius 2 is 1.74 bits per heavy atom. The summed E-state index contributed by atoms with van der Waals surface area (Å²) >= 11 is 0. The number of anilines is 3. The first-order valence-corrected chi connectivity index (χ1v) is 11.8. The Hall–Kier alpha value is -3.43. The molecule has 0 aliphatic carbocycles. The van der Waals surface area contributed by atoms with E-state index in [1.807, 2.05) is 6.07 Å². The highest BCUT2D eigenvalue weighted by Crippen LogP contribution is 2.28. The van der Waals surface area contributed by atoms with Crippen molar-refractivity contribution in [2.75, 3.05) is 55.8 Å². The van der Waals surface area contributed by atoms with E-state index in [1.165, 1.54) is 18.5 Å². The molecule has 2 fully saturated rings. The van der Waals surface area contributed by atoms with Crippen LogP contribution < -0.4 is 21.1 Å². The maximum atomic E-state index is 6.00. The maximum absolute atomic E-state index is 6.00. The Bertz CT molecular complexity index is 1090. The number of hydrogen-bond donors (Lipinski definition) is 2. The molecule has 9 heteroatoms. The predicted octanol–water partition coefficient (Wildman–Crippen LogP) is 2.58. The van der Waals surface area contributed by atoms with Crippen LogP contribution in [0, 0.1) is 0 Å². The molecule has 5 rings (SSSR count). The Labute approximate surface area is 199 Å². The number of ether oxygens (including phenoxy) is 2.